The van der Waals surface area contributed by atoms with Gasteiger partial charge in [0.2, 0.25) is 10.0 Å². The van der Waals surface area contributed by atoms with Gasteiger partial charge >= 0.3 is 0 Å². The lowest BCUT2D eigenvalue weighted by Gasteiger charge is -2.27. The van der Waals surface area contributed by atoms with E-state index < -0.39 is 10.0 Å². The van der Waals surface area contributed by atoms with Crippen LogP contribution < -0.4 is 4.90 Å². The molecule has 0 saturated carbocycles. The molecule has 1 aromatic carbocycles. The number of anilines is 1. The van der Waals surface area contributed by atoms with Crippen molar-refractivity contribution in [2.45, 2.75) is 4.90 Å². The molecule has 2 aliphatic rings. The summed E-state index contributed by atoms with van der Waals surface area (Å²) in [6.45, 7) is 4.43. The maximum atomic E-state index is 13.0. The molecule has 2 aliphatic heterocycles. The quantitative estimate of drug-likeness (QED) is 0.602. The Morgan fingerprint density at radius 1 is 0.806 bits per heavy atom. The first kappa shape index (κ1) is 20.3. The second-order valence-corrected chi connectivity index (χ2v) is 9.39. The second-order valence-electron chi connectivity index (χ2n) is 7.46. The number of sulfonamides is 1. The van der Waals surface area contributed by atoms with Gasteiger partial charge in [0.15, 0.2) is 0 Å². The molecule has 0 radical (unpaired) electrons. The van der Waals surface area contributed by atoms with Crippen LogP contribution in [0.1, 0.15) is 0 Å². The van der Waals surface area contributed by atoms with E-state index in [1.807, 2.05) is 18.2 Å². The van der Waals surface area contributed by atoms with Crippen molar-refractivity contribution in [2.75, 3.05) is 57.5 Å². The van der Waals surface area contributed by atoms with Gasteiger partial charge in [0.05, 0.1) is 43.7 Å². The normalized spacial score (nSPS) is 18.4. The molecule has 10 heteroatoms. The molecule has 162 valence electrons. The number of pyridine rings is 1. The number of morpholine rings is 2. The molecule has 5 rings (SSSR count). The molecule has 2 aromatic heterocycles. The molecule has 0 aliphatic carbocycles. The molecule has 0 atom stereocenters. The van der Waals surface area contributed by atoms with Gasteiger partial charge in [0.1, 0.15) is 10.7 Å². The van der Waals surface area contributed by atoms with E-state index >= 15 is 0 Å². The molecule has 9 nitrogen and oxygen atoms in total. The molecule has 31 heavy (non-hydrogen) atoms. The summed E-state index contributed by atoms with van der Waals surface area (Å²) in [4.78, 5) is 15.8. The van der Waals surface area contributed by atoms with E-state index in [1.165, 1.54) is 10.5 Å². The van der Waals surface area contributed by atoms with Gasteiger partial charge in [-0.1, -0.05) is 6.07 Å². The second kappa shape index (κ2) is 8.46. The van der Waals surface area contributed by atoms with Crippen molar-refractivity contribution in [1.29, 1.82) is 0 Å². The van der Waals surface area contributed by atoms with E-state index in [0.29, 0.717) is 39.5 Å². The number of rotatable bonds is 4. The van der Waals surface area contributed by atoms with Crippen LogP contribution in [-0.4, -0.2) is 80.3 Å². The van der Waals surface area contributed by atoms with Gasteiger partial charge in [0, 0.05) is 44.1 Å². The zero-order valence-corrected chi connectivity index (χ0v) is 17.8. The zero-order valence-electron chi connectivity index (χ0n) is 17.0. The van der Waals surface area contributed by atoms with Crippen molar-refractivity contribution in [3.63, 3.8) is 0 Å². The van der Waals surface area contributed by atoms with Gasteiger partial charge in [-0.25, -0.2) is 13.4 Å². The lowest BCUT2D eigenvalue weighted by atomic mass is 10.1. The van der Waals surface area contributed by atoms with Crippen LogP contribution in [-0.2, 0) is 19.5 Å². The zero-order chi connectivity index (χ0) is 21.3. The maximum Gasteiger partial charge on any atom is 0.244 e. The van der Waals surface area contributed by atoms with Crippen LogP contribution in [0.2, 0.25) is 0 Å². The third-order valence-electron chi connectivity index (χ3n) is 5.52. The maximum absolute atomic E-state index is 13.0. The largest absolute Gasteiger partial charge is 0.379 e. The lowest BCUT2D eigenvalue weighted by molar-refractivity contribution is 0.0730. The number of benzene rings is 1. The van der Waals surface area contributed by atoms with E-state index in [1.54, 1.807) is 18.5 Å². The highest BCUT2D eigenvalue weighted by atomic mass is 32.2. The van der Waals surface area contributed by atoms with Crippen LogP contribution in [0.5, 0.6) is 0 Å². The van der Waals surface area contributed by atoms with Crippen molar-refractivity contribution >= 4 is 26.9 Å². The number of hydrogen-bond acceptors (Lipinski definition) is 8. The fourth-order valence-electron chi connectivity index (χ4n) is 3.78. The van der Waals surface area contributed by atoms with Gasteiger partial charge in [-0.15, -0.1) is 0 Å². The third-order valence-corrected chi connectivity index (χ3v) is 7.38. The van der Waals surface area contributed by atoms with Crippen LogP contribution in [0.15, 0.2) is 47.8 Å². The van der Waals surface area contributed by atoms with Crippen molar-refractivity contribution in [3.05, 3.63) is 42.9 Å². The minimum atomic E-state index is -3.61. The van der Waals surface area contributed by atoms with Crippen LogP contribution in [0.25, 0.3) is 22.2 Å². The highest BCUT2D eigenvalue weighted by Crippen LogP contribution is 2.27. The number of hydrogen-bond donors (Lipinski definition) is 0. The predicted molar refractivity (Wildman–Crippen MR) is 115 cm³/mol. The van der Waals surface area contributed by atoms with Crippen molar-refractivity contribution in [1.82, 2.24) is 19.3 Å². The lowest BCUT2D eigenvalue weighted by Crippen LogP contribution is -2.40. The Morgan fingerprint density at radius 3 is 2.32 bits per heavy atom. The first-order valence-electron chi connectivity index (χ1n) is 10.2. The molecule has 0 unspecified atom stereocenters. The summed E-state index contributed by atoms with van der Waals surface area (Å²) < 4.78 is 38.1. The molecule has 0 amide bonds. The molecule has 0 N–H and O–H groups in total. The van der Waals surface area contributed by atoms with Gasteiger partial charge in [-0.05, 0) is 23.8 Å². The summed E-state index contributed by atoms with van der Waals surface area (Å²) >= 11 is 0. The third kappa shape index (κ3) is 4.11. The average Bonchev–Trinajstić information content (AvgIpc) is 2.84. The molecule has 2 saturated heterocycles. The Bertz CT molecular complexity index is 1190. The summed E-state index contributed by atoms with van der Waals surface area (Å²) in [7, 11) is -3.61. The predicted octanol–water partition coefficient (Wildman–Crippen LogP) is 1.55. The van der Waals surface area contributed by atoms with E-state index in [2.05, 4.69) is 14.9 Å². The minimum absolute atomic E-state index is 0.181. The molecule has 0 bridgehead atoms. The highest BCUT2D eigenvalue weighted by molar-refractivity contribution is 7.89. The highest BCUT2D eigenvalue weighted by Gasteiger charge is 2.27. The molecular formula is C21H23N5O4S. The fraction of sp³-hybridized carbons (Fsp3) is 0.381. The SMILES string of the molecule is O=S(=O)(c1cncc(-c2ccc3ncc(N4CCOCC4)nc3c2)c1)N1CCOCC1. The van der Waals surface area contributed by atoms with Gasteiger partial charge in [-0.3, -0.25) is 9.97 Å². The Morgan fingerprint density at radius 2 is 1.55 bits per heavy atom. The van der Waals surface area contributed by atoms with E-state index in [-0.39, 0.29) is 4.90 Å². The minimum Gasteiger partial charge on any atom is -0.379 e. The molecular weight excluding hydrogens is 418 g/mol. The first-order chi connectivity index (χ1) is 15.1. The summed E-state index contributed by atoms with van der Waals surface area (Å²) in [5, 5.41) is 0. The van der Waals surface area contributed by atoms with Crippen molar-refractivity contribution < 1.29 is 17.9 Å². The Kier molecular flexibility index (Phi) is 5.53. The number of ether oxygens (including phenoxy) is 2. The topological polar surface area (TPSA) is 97.8 Å². The Labute approximate surface area is 180 Å². The van der Waals surface area contributed by atoms with Gasteiger partial charge in [-0.2, -0.15) is 4.31 Å². The number of aromatic nitrogens is 3. The standard InChI is InChI=1S/C21H23N5O4S/c27-31(28,26-5-9-30-10-6-26)18-11-17(13-22-14-18)16-1-2-19-20(12-16)24-21(15-23-19)25-3-7-29-8-4-25/h1-2,11-15H,3-10H2. The summed E-state index contributed by atoms with van der Waals surface area (Å²) in [5.74, 6) is 0.815. The fourth-order valence-corrected chi connectivity index (χ4v) is 5.18. The Balaban J connectivity index is 1.48. The van der Waals surface area contributed by atoms with Gasteiger partial charge in [0.25, 0.3) is 0 Å². The summed E-state index contributed by atoms with van der Waals surface area (Å²) in [6.07, 6.45) is 4.84. The number of fused-ring (bicyclic) bond motifs is 1. The van der Waals surface area contributed by atoms with Crippen LogP contribution in [0, 0.1) is 0 Å². The first-order valence-corrected chi connectivity index (χ1v) is 11.7. The number of nitrogens with zero attached hydrogens (tertiary/aromatic N) is 5. The van der Waals surface area contributed by atoms with Crippen LogP contribution >= 0.6 is 0 Å². The van der Waals surface area contributed by atoms with Crippen LogP contribution in [0.3, 0.4) is 0 Å². The smallest absolute Gasteiger partial charge is 0.244 e. The monoisotopic (exact) mass is 441 g/mol. The van der Waals surface area contributed by atoms with Crippen LogP contribution in [0.4, 0.5) is 5.82 Å². The molecule has 2 fully saturated rings. The van der Waals surface area contributed by atoms with E-state index in [9.17, 15) is 8.42 Å². The van der Waals surface area contributed by atoms with E-state index in [4.69, 9.17) is 14.5 Å². The van der Waals surface area contributed by atoms with Gasteiger partial charge < -0.3 is 14.4 Å². The molecule has 0 spiro atoms. The van der Waals surface area contributed by atoms with Crippen molar-refractivity contribution in [3.8, 4) is 11.1 Å². The Hall–Kier alpha value is -2.66. The molecule has 4 heterocycles. The average molecular weight is 442 g/mol. The summed E-state index contributed by atoms with van der Waals surface area (Å²) in [6, 6.07) is 7.39. The van der Waals surface area contributed by atoms with E-state index in [0.717, 1.165) is 41.1 Å². The molecule has 3 aromatic rings. The van der Waals surface area contributed by atoms with Crippen molar-refractivity contribution in [2.24, 2.45) is 0 Å². The summed E-state index contributed by atoms with van der Waals surface area (Å²) in [5.41, 5.74) is 3.09.